The van der Waals surface area contributed by atoms with Crippen LogP contribution in [-0.2, 0) is 9.59 Å². The lowest BCUT2D eigenvalue weighted by Crippen LogP contribution is -2.29. The number of aliphatic carboxylic acids is 1. The van der Waals surface area contributed by atoms with E-state index < -0.39 is 18.5 Å². The van der Waals surface area contributed by atoms with Crippen LogP contribution in [0.1, 0.15) is 18.1 Å². The molecule has 0 saturated carbocycles. The molecule has 0 aliphatic rings. The van der Waals surface area contributed by atoms with Crippen LogP contribution in [0.4, 0.5) is 0 Å². The summed E-state index contributed by atoms with van der Waals surface area (Å²) in [5, 5.41) is 15.1. The molecule has 0 aromatic heterocycles. The minimum absolute atomic E-state index is 0.210. The zero-order valence-corrected chi connectivity index (χ0v) is 16.9. The number of hydrogen-bond acceptors (Lipinski definition) is 7. The summed E-state index contributed by atoms with van der Waals surface area (Å²) < 4.78 is 15.7. The molecule has 0 radical (unpaired) electrons. The normalized spacial score (nSPS) is 11.0. The van der Waals surface area contributed by atoms with E-state index in [0.29, 0.717) is 27.8 Å². The van der Waals surface area contributed by atoms with E-state index in [1.54, 1.807) is 43.3 Å². The highest BCUT2D eigenvalue weighted by Crippen LogP contribution is 2.28. The van der Waals surface area contributed by atoms with Gasteiger partial charge in [-0.1, -0.05) is 11.6 Å². The number of carbonyl (C=O) groups excluding carboxylic acids is 2. The topological polar surface area (TPSA) is 109 Å². The van der Waals surface area contributed by atoms with Crippen molar-refractivity contribution in [2.24, 2.45) is 5.10 Å². The number of ether oxygens (including phenoxy) is 3. The van der Waals surface area contributed by atoms with Crippen LogP contribution in [0.2, 0.25) is 5.02 Å². The molecule has 0 heterocycles. The fourth-order valence-electron chi connectivity index (χ4n) is 2.31. The first-order valence-corrected chi connectivity index (χ1v) is 8.91. The summed E-state index contributed by atoms with van der Waals surface area (Å²) in [5.74, 6) is -0.635. The second kappa shape index (κ2) is 10.3. The summed E-state index contributed by atoms with van der Waals surface area (Å²) in [4.78, 5) is 22.5. The average Bonchev–Trinajstić information content (AvgIpc) is 2.69. The van der Waals surface area contributed by atoms with Gasteiger partial charge in [-0.3, -0.25) is 4.79 Å². The fraction of sp³-hybridized carbons (Fsp3) is 0.250. The average molecular weight is 420 g/mol. The Morgan fingerprint density at radius 3 is 2.41 bits per heavy atom. The Morgan fingerprint density at radius 2 is 1.76 bits per heavy atom. The Balaban J connectivity index is 1.97. The van der Waals surface area contributed by atoms with Crippen LogP contribution in [0.3, 0.4) is 0 Å². The number of carboxylic acid groups (broad SMARTS) is 1. The number of aryl methyl sites for hydroxylation is 1. The van der Waals surface area contributed by atoms with Gasteiger partial charge in [0.15, 0.2) is 18.1 Å². The van der Waals surface area contributed by atoms with E-state index in [9.17, 15) is 14.7 Å². The van der Waals surface area contributed by atoms with Gasteiger partial charge in [-0.25, -0.2) is 5.43 Å². The summed E-state index contributed by atoms with van der Waals surface area (Å²) in [6.07, 6.45) is 0. The first kappa shape index (κ1) is 22.0. The summed E-state index contributed by atoms with van der Waals surface area (Å²) >= 11 is 5.89. The number of carbonyl (C=O) groups is 2. The van der Waals surface area contributed by atoms with Gasteiger partial charge in [-0.05, 0) is 55.8 Å². The van der Waals surface area contributed by atoms with E-state index >= 15 is 0 Å². The highest BCUT2D eigenvalue weighted by Gasteiger charge is 2.09. The number of benzene rings is 2. The van der Waals surface area contributed by atoms with Crippen molar-refractivity contribution in [1.82, 2.24) is 5.43 Å². The molecule has 0 saturated heterocycles. The molecule has 2 rings (SSSR count). The summed E-state index contributed by atoms with van der Waals surface area (Å²) in [7, 11) is 1.43. The second-order valence-electron chi connectivity index (χ2n) is 5.96. The van der Waals surface area contributed by atoms with Crippen LogP contribution in [-0.4, -0.2) is 37.9 Å². The molecule has 0 aliphatic heterocycles. The third kappa shape index (κ3) is 6.69. The number of nitrogens with one attached hydrogen (secondary N) is 1. The van der Waals surface area contributed by atoms with Gasteiger partial charge in [-0.2, -0.15) is 5.10 Å². The van der Waals surface area contributed by atoms with Crippen molar-refractivity contribution in [3.8, 4) is 17.2 Å². The number of carboxylic acids is 1. The quantitative estimate of drug-likeness (QED) is 0.489. The van der Waals surface area contributed by atoms with Gasteiger partial charge in [0.05, 0.1) is 18.8 Å². The van der Waals surface area contributed by atoms with E-state index in [2.05, 4.69) is 10.5 Å². The van der Waals surface area contributed by atoms with Crippen molar-refractivity contribution in [3.63, 3.8) is 0 Å². The Bertz CT molecular complexity index is 929. The number of amides is 1. The molecular weight excluding hydrogens is 400 g/mol. The first-order chi connectivity index (χ1) is 13.8. The molecule has 9 heteroatoms. The molecule has 0 unspecified atom stereocenters. The highest BCUT2D eigenvalue weighted by atomic mass is 35.5. The minimum atomic E-state index is -1.34. The Hall–Kier alpha value is -3.26. The van der Waals surface area contributed by atoms with Crippen molar-refractivity contribution in [3.05, 3.63) is 52.5 Å². The number of nitrogens with zero attached hydrogens (tertiary/aromatic N) is 1. The summed E-state index contributed by atoms with van der Waals surface area (Å²) in [5.41, 5.74) is 4.39. The molecule has 2 aromatic rings. The molecule has 2 aromatic carbocycles. The number of hydrogen-bond donors (Lipinski definition) is 1. The summed E-state index contributed by atoms with van der Waals surface area (Å²) in [6, 6.07) is 9.93. The lowest BCUT2D eigenvalue weighted by atomic mass is 10.1. The third-order valence-electron chi connectivity index (χ3n) is 3.77. The molecular formula is C20H20ClN2O6-. The van der Waals surface area contributed by atoms with Crippen LogP contribution >= 0.6 is 11.6 Å². The molecule has 0 fully saturated rings. The molecule has 0 bridgehead atoms. The highest BCUT2D eigenvalue weighted by molar-refractivity contribution is 6.30. The second-order valence-corrected chi connectivity index (χ2v) is 6.39. The molecule has 29 heavy (non-hydrogen) atoms. The standard InChI is InChI=1S/C20H21ClN2O6/c1-12-8-15(21)5-7-16(12)28-10-19(24)23-22-13(2)14-4-6-17(18(9-14)27-3)29-11-20(25)26/h4-9H,10-11H2,1-3H3,(H,23,24)(H,25,26)/p-1/b22-13-. The van der Waals surface area contributed by atoms with Crippen LogP contribution < -0.4 is 24.7 Å². The maximum absolute atomic E-state index is 12.0. The van der Waals surface area contributed by atoms with Crippen LogP contribution in [0, 0.1) is 6.92 Å². The number of methoxy groups -OCH3 is 1. The number of halogens is 1. The van der Waals surface area contributed by atoms with Crippen LogP contribution in [0.15, 0.2) is 41.5 Å². The minimum Gasteiger partial charge on any atom is -0.546 e. The van der Waals surface area contributed by atoms with Gasteiger partial charge in [0, 0.05) is 10.6 Å². The van der Waals surface area contributed by atoms with E-state index in [-0.39, 0.29) is 12.4 Å². The van der Waals surface area contributed by atoms with E-state index in [1.807, 2.05) is 6.92 Å². The SMILES string of the molecule is COc1cc(/C(C)=N\NC(=O)COc2ccc(Cl)cc2C)ccc1OCC(=O)[O-]. The molecule has 0 atom stereocenters. The smallest absolute Gasteiger partial charge is 0.277 e. The predicted molar refractivity (Wildman–Crippen MR) is 106 cm³/mol. The zero-order valence-electron chi connectivity index (χ0n) is 16.2. The van der Waals surface area contributed by atoms with Crippen LogP contribution in [0.5, 0.6) is 17.2 Å². The summed E-state index contributed by atoms with van der Waals surface area (Å²) in [6.45, 7) is 2.72. The first-order valence-electron chi connectivity index (χ1n) is 8.53. The zero-order chi connectivity index (χ0) is 21.4. The van der Waals surface area contributed by atoms with Crippen molar-refractivity contribution >= 4 is 29.2 Å². The molecule has 1 amide bonds. The largest absolute Gasteiger partial charge is 0.546 e. The predicted octanol–water partition coefficient (Wildman–Crippen LogP) is 1.70. The monoisotopic (exact) mass is 419 g/mol. The number of hydrazone groups is 1. The molecule has 8 nitrogen and oxygen atoms in total. The molecule has 0 aliphatic carbocycles. The van der Waals surface area contributed by atoms with Crippen molar-refractivity contribution in [1.29, 1.82) is 0 Å². The molecule has 154 valence electrons. The van der Waals surface area contributed by atoms with Crippen LogP contribution in [0.25, 0.3) is 0 Å². The van der Waals surface area contributed by atoms with Gasteiger partial charge in [0.2, 0.25) is 0 Å². The van der Waals surface area contributed by atoms with Gasteiger partial charge < -0.3 is 24.1 Å². The maximum Gasteiger partial charge on any atom is 0.277 e. The molecule has 1 N–H and O–H groups in total. The van der Waals surface area contributed by atoms with Crippen molar-refractivity contribution < 1.29 is 28.9 Å². The Kier molecular flexibility index (Phi) is 7.85. The van der Waals surface area contributed by atoms with Crippen molar-refractivity contribution in [2.75, 3.05) is 20.3 Å². The lowest BCUT2D eigenvalue weighted by molar-refractivity contribution is -0.307. The van der Waals surface area contributed by atoms with E-state index in [1.165, 1.54) is 7.11 Å². The van der Waals surface area contributed by atoms with E-state index in [4.69, 9.17) is 25.8 Å². The van der Waals surface area contributed by atoms with Crippen molar-refractivity contribution in [2.45, 2.75) is 13.8 Å². The Morgan fingerprint density at radius 1 is 1.07 bits per heavy atom. The number of rotatable bonds is 9. The third-order valence-corrected chi connectivity index (χ3v) is 4.01. The van der Waals surface area contributed by atoms with E-state index in [0.717, 1.165) is 5.56 Å². The lowest BCUT2D eigenvalue weighted by Gasteiger charge is -2.12. The van der Waals surface area contributed by atoms with Gasteiger partial charge in [0.1, 0.15) is 12.4 Å². The maximum atomic E-state index is 12.0. The fourth-order valence-corrected chi connectivity index (χ4v) is 2.54. The van der Waals surface area contributed by atoms with Gasteiger partial charge >= 0.3 is 0 Å². The van der Waals surface area contributed by atoms with Gasteiger partial charge in [0.25, 0.3) is 5.91 Å². The molecule has 0 spiro atoms. The van der Waals surface area contributed by atoms with Gasteiger partial charge in [-0.15, -0.1) is 0 Å². The Labute approximate surface area is 173 Å².